The van der Waals surface area contributed by atoms with Crippen molar-refractivity contribution >= 4 is 29.0 Å². The van der Waals surface area contributed by atoms with Crippen LogP contribution in [0.1, 0.15) is 12.0 Å². The highest BCUT2D eigenvalue weighted by molar-refractivity contribution is 6.32. The van der Waals surface area contributed by atoms with Gasteiger partial charge in [0.25, 0.3) is 0 Å². The number of piperazine rings is 1. The molecular formula is C19H24ClN5O2. The molecule has 0 unspecified atom stereocenters. The number of hydrogen-bond donors (Lipinski definition) is 1. The number of aromatic nitrogens is 2. The van der Waals surface area contributed by atoms with Crippen molar-refractivity contribution in [3.05, 3.63) is 41.3 Å². The standard InChI is InChI=1S/C19H24ClN5O2/c1-21-17-18(20)22-13-23-19(17)25-11-9-24(10-12-25)16(26)8-5-14-3-6-15(27-2)7-4-14/h3-4,6-7,13,21H,5,8-12H2,1-2H3. The number of nitrogens with zero attached hydrogens (tertiary/aromatic N) is 4. The minimum absolute atomic E-state index is 0.181. The highest BCUT2D eigenvalue weighted by Gasteiger charge is 2.24. The molecule has 3 rings (SSSR count). The smallest absolute Gasteiger partial charge is 0.223 e. The lowest BCUT2D eigenvalue weighted by atomic mass is 10.1. The van der Waals surface area contributed by atoms with Crippen molar-refractivity contribution in [2.24, 2.45) is 0 Å². The van der Waals surface area contributed by atoms with Gasteiger partial charge in [0.2, 0.25) is 5.91 Å². The molecule has 8 heteroatoms. The summed E-state index contributed by atoms with van der Waals surface area (Å²) in [5, 5.41) is 3.46. The minimum atomic E-state index is 0.181. The molecule has 0 radical (unpaired) electrons. The summed E-state index contributed by atoms with van der Waals surface area (Å²) < 4.78 is 5.16. The number of rotatable bonds is 6. The number of methoxy groups -OCH3 is 1. The van der Waals surface area contributed by atoms with Gasteiger partial charge < -0.3 is 19.9 Å². The summed E-state index contributed by atoms with van der Waals surface area (Å²) in [6.45, 7) is 2.78. The Morgan fingerprint density at radius 1 is 1.19 bits per heavy atom. The van der Waals surface area contributed by atoms with Crippen LogP contribution in [0.25, 0.3) is 0 Å². The first-order valence-corrected chi connectivity index (χ1v) is 9.34. The summed E-state index contributed by atoms with van der Waals surface area (Å²) in [5.74, 6) is 1.79. The maximum absolute atomic E-state index is 12.5. The average molecular weight is 390 g/mol. The summed E-state index contributed by atoms with van der Waals surface area (Å²) in [5.41, 5.74) is 1.86. The van der Waals surface area contributed by atoms with Crippen LogP contribution in [0, 0.1) is 0 Å². The molecule has 0 bridgehead atoms. The van der Waals surface area contributed by atoms with E-state index < -0.39 is 0 Å². The van der Waals surface area contributed by atoms with E-state index in [-0.39, 0.29) is 5.91 Å². The van der Waals surface area contributed by atoms with Crippen molar-refractivity contribution in [2.45, 2.75) is 12.8 Å². The SMILES string of the molecule is CNc1c(Cl)ncnc1N1CCN(C(=O)CCc2ccc(OC)cc2)CC1. The molecule has 7 nitrogen and oxygen atoms in total. The highest BCUT2D eigenvalue weighted by Crippen LogP contribution is 2.29. The van der Waals surface area contributed by atoms with E-state index in [2.05, 4.69) is 20.2 Å². The van der Waals surface area contributed by atoms with Gasteiger partial charge >= 0.3 is 0 Å². The van der Waals surface area contributed by atoms with Gasteiger partial charge in [-0.2, -0.15) is 0 Å². The van der Waals surface area contributed by atoms with Crippen molar-refractivity contribution < 1.29 is 9.53 Å². The van der Waals surface area contributed by atoms with Crippen molar-refractivity contribution in [1.29, 1.82) is 0 Å². The summed E-state index contributed by atoms with van der Waals surface area (Å²) >= 11 is 6.13. The maximum atomic E-state index is 12.5. The van der Waals surface area contributed by atoms with Crippen LogP contribution in [0.3, 0.4) is 0 Å². The first-order chi connectivity index (χ1) is 13.1. The predicted octanol–water partition coefficient (Wildman–Crippen LogP) is 2.46. The fourth-order valence-corrected chi connectivity index (χ4v) is 3.40. The fraction of sp³-hybridized carbons (Fsp3) is 0.421. The van der Waals surface area contributed by atoms with E-state index in [4.69, 9.17) is 16.3 Å². The van der Waals surface area contributed by atoms with Crippen LogP contribution >= 0.6 is 11.6 Å². The van der Waals surface area contributed by atoms with Gasteiger partial charge in [-0.15, -0.1) is 0 Å². The van der Waals surface area contributed by atoms with Gasteiger partial charge in [0.15, 0.2) is 11.0 Å². The second-order valence-electron chi connectivity index (χ2n) is 6.33. The molecule has 0 aliphatic carbocycles. The van der Waals surface area contributed by atoms with Crippen molar-refractivity contribution in [1.82, 2.24) is 14.9 Å². The highest BCUT2D eigenvalue weighted by atomic mass is 35.5. The molecule has 1 amide bonds. The van der Waals surface area contributed by atoms with Crippen LogP contribution in [0.2, 0.25) is 5.15 Å². The van der Waals surface area contributed by atoms with Gasteiger partial charge in [-0.25, -0.2) is 9.97 Å². The number of amides is 1. The molecule has 1 aromatic carbocycles. The Morgan fingerprint density at radius 3 is 2.52 bits per heavy atom. The molecular weight excluding hydrogens is 366 g/mol. The number of nitrogens with one attached hydrogen (secondary N) is 1. The lowest BCUT2D eigenvalue weighted by Gasteiger charge is -2.36. The molecule has 1 N–H and O–H groups in total. The molecule has 0 saturated carbocycles. The Morgan fingerprint density at radius 2 is 1.89 bits per heavy atom. The van der Waals surface area contributed by atoms with E-state index in [1.807, 2.05) is 29.2 Å². The van der Waals surface area contributed by atoms with Crippen LogP contribution in [0.15, 0.2) is 30.6 Å². The molecule has 27 heavy (non-hydrogen) atoms. The van der Waals surface area contributed by atoms with Crippen LogP contribution in [0.4, 0.5) is 11.5 Å². The normalized spacial score (nSPS) is 14.2. The van der Waals surface area contributed by atoms with Crippen LogP contribution in [-0.4, -0.2) is 61.1 Å². The van der Waals surface area contributed by atoms with Crippen molar-refractivity contribution in [3.8, 4) is 5.75 Å². The van der Waals surface area contributed by atoms with Gasteiger partial charge in [-0.05, 0) is 24.1 Å². The van der Waals surface area contributed by atoms with Gasteiger partial charge in [0, 0.05) is 39.6 Å². The number of carbonyl (C=O) groups excluding carboxylic acids is 1. The number of hydrogen-bond acceptors (Lipinski definition) is 6. The molecule has 144 valence electrons. The van der Waals surface area contributed by atoms with Gasteiger partial charge in [0.05, 0.1) is 7.11 Å². The Hall–Kier alpha value is -2.54. The van der Waals surface area contributed by atoms with Gasteiger partial charge in [-0.1, -0.05) is 23.7 Å². The first-order valence-electron chi connectivity index (χ1n) is 8.96. The van der Waals surface area contributed by atoms with E-state index >= 15 is 0 Å². The number of carbonyl (C=O) groups is 1. The van der Waals surface area contributed by atoms with Crippen molar-refractivity contribution in [3.63, 3.8) is 0 Å². The minimum Gasteiger partial charge on any atom is -0.497 e. The molecule has 1 aromatic heterocycles. The third-order valence-corrected chi connectivity index (χ3v) is 5.04. The lowest BCUT2D eigenvalue weighted by molar-refractivity contribution is -0.131. The monoisotopic (exact) mass is 389 g/mol. The largest absolute Gasteiger partial charge is 0.497 e. The third-order valence-electron chi connectivity index (χ3n) is 4.75. The zero-order valence-corrected chi connectivity index (χ0v) is 16.4. The van der Waals surface area contributed by atoms with E-state index in [0.717, 1.165) is 42.3 Å². The molecule has 0 spiro atoms. The quantitative estimate of drug-likeness (QED) is 0.765. The number of halogens is 1. The number of benzene rings is 1. The Balaban J connectivity index is 1.52. The predicted molar refractivity (Wildman–Crippen MR) is 107 cm³/mol. The second-order valence-corrected chi connectivity index (χ2v) is 6.69. The molecule has 1 aliphatic heterocycles. The fourth-order valence-electron chi connectivity index (χ4n) is 3.18. The topological polar surface area (TPSA) is 70.6 Å². The Labute approximate surface area is 164 Å². The van der Waals surface area contributed by atoms with E-state index in [1.54, 1.807) is 14.2 Å². The second kappa shape index (κ2) is 8.90. The zero-order chi connectivity index (χ0) is 19.2. The number of anilines is 2. The molecule has 1 saturated heterocycles. The van der Waals surface area contributed by atoms with E-state index in [9.17, 15) is 4.79 Å². The Kier molecular flexibility index (Phi) is 6.34. The van der Waals surface area contributed by atoms with Gasteiger partial charge in [0.1, 0.15) is 17.8 Å². The summed E-state index contributed by atoms with van der Waals surface area (Å²) in [6, 6.07) is 7.85. The molecule has 1 fully saturated rings. The summed E-state index contributed by atoms with van der Waals surface area (Å²) in [6.07, 6.45) is 2.70. The van der Waals surface area contributed by atoms with E-state index in [0.29, 0.717) is 24.7 Å². The molecule has 0 atom stereocenters. The molecule has 2 heterocycles. The average Bonchev–Trinajstić information content (AvgIpc) is 2.72. The summed E-state index contributed by atoms with van der Waals surface area (Å²) in [4.78, 5) is 24.9. The van der Waals surface area contributed by atoms with Crippen LogP contribution < -0.4 is 15.0 Å². The summed E-state index contributed by atoms with van der Waals surface area (Å²) in [7, 11) is 3.44. The number of aryl methyl sites for hydroxylation is 1. The molecule has 1 aliphatic rings. The van der Waals surface area contributed by atoms with Crippen molar-refractivity contribution in [2.75, 3.05) is 50.6 Å². The lowest BCUT2D eigenvalue weighted by Crippen LogP contribution is -2.49. The zero-order valence-electron chi connectivity index (χ0n) is 15.6. The number of ether oxygens (including phenoxy) is 1. The first kappa shape index (κ1) is 19.2. The molecule has 2 aromatic rings. The van der Waals surface area contributed by atoms with E-state index in [1.165, 1.54) is 6.33 Å². The van der Waals surface area contributed by atoms with Crippen LogP contribution in [0.5, 0.6) is 5.75 Å². The third kappa shape index (κ3) is 4.60. The Bertz CT molecular complexity index is 776. The van der Waals surface area contributed by atoms with Crippen LogP contribution in [-0.2, 0) is 11.2 Å². The van der Waals surface area contributed by atoms with Gasteiger partial charge in [-0.3, -0.25) is 4.79 Å². The maximum Gasteiger partial charge on any atom is 0.223 e.